The molecule has 0 saturated heterocycles. The number of imidazole rings is 1. The average molecular weight is 581 g/mol. The normalized spacial score (nSPS) is 11.0. The molecule has 5 rings (SSSR count). The van der Waals surface area contributed by atoms with Crippen molar-refractivity contribution in [1.82, 2.24) is 30.2 Å². The maximum absolute atomic E-state index is 13.4. The quantitative estimate of drug-likeness (QED) is 0.214. The molecule has 11 nitrogen and oxygen atoms in total. The number of H-pyrrole nitrogens is 1. The van der Waals surface area contributed by atoms with E-state index in [4.69, 9.17) is 14.5 Å². The number of carbonyl (C=O) groups excluding carboxylic acids is 2. The fraction of sp³-hybridized carbons (Fsp3) is 0.281. The third kappa shape index (κ3) is 6.20. The summed E-state index contributed by atoms with van der Waals surface area (Å²) in [7, 11) is 0. The van der Waals surface area contributed by atoms with E-state index in [-0.39, 0.29) is 24.3 Å². The lowest BCUT2D eigenvalue weighted by Gasteiger charge is -2.11. The summed E-state index contributed by atoms with van der Waals surface area (Å²) < 4.78 is 12.3. The van der Waals surface area contributed by atoms with E-state index in [1.54, 1.807) is 13.8 Å². The van der Waals surface area contributed by atoms with Crippen molar-refractivity contribution in [3.63, 3.8) is 0 Å². The van der Waals surface area contributed by atoms with Crippen LogP contribution >= 0.6 is 0 Å². The zero-order valence-corrected chi connectivity index (χ0v) is 24.3. The van der Waals surface area contributed by atoms with Crippen LogP contribution in [0.5, 0.6) is 0 Å². The minimum absolute atomic E-state index is 0.0813. The van der Waals surface area contributed by atoms with Gasteiger partial charge in [-0.3, -0.25) is 4.79 Å². The predicted octanol–water partition coefficient (Wildman–Crippen LogP) is 4.99. The molecule has 0 fully saturated rings. The SMILES string of the molecule is CCCCc1nc2cc(C(=O)OCC)c(=O)c(C(=O)OCC)cc2n1Cc1ccc(-c2ccccc2-c2nn[nH]n2)cc1. The zero-order chi connectivity index (χ0) is 30.3. The maximum Gasteiger partial charge on any atom is 0.342 e. The highest BCUT2D eigenvalue weighted by atomic mass is 16.5. The highest BCUT2D eigenvalue weighted by Gasteiger charge is 2.22. The molecule has 2 aromatic heterocycles. The molecule has 0 aliphatic rings. The molecular weight excluding hydrogens is 548 g/mol. The molecule has 0 spiro atoms. The molecule has 0 atom stereocenters. The fourth-order valence-corrected chi connectivity index (χ4v) is 4.94. The standard InChI is InChI=1S/C32H32N6O5/c1-4-7-12-28-33-26-17-24(31(40)42-5-2)29(39)25(32(41)43-6-3)18-27(26)38(28)19-20-13-15-21(16-14-20)22-10-8-9-11-23(22)30-34-36-37-35-30/h8-11,13-18H,4-7,12,19H2,1-3H3,(H,34,35,36,37). The molecule has 11 heteroatoms. The first-order valence-electron chi connectivity index (χ1n) is 14.3. The number of hydrogen-bond donors (Lipinski definition) is 1. The second-order valence-electron chi connectivity index (χ2n) is 9.85. The molecule has 5 aromatic rings. The monoisotopic (exact) mass is 580 g/mol. The van der Waals surface area contributed by atoms with Crippen LogP contribution in [-0.2, 0) is 22.4 Å². The maximum atomic E-state index is 13.4. The lowest BCUT2D eigenvalue weighted by molar-refractivity contribution is 0.0523. The van der Waals surface area contributed by atoms with Crippen molar-refractivity contribution >= 4 is 23.0 Å². The van der Waals surface area contributed by atoms with Gasteiger partial charge in [0, 0.05) is 18.5 Å². The summed E-state index contributed by atoms with van der Waals surface area (Å²) in [5.74, 6) is -0.318. The van der Waals surface area contributed by atoms with Crippen LogP contribution in [0, 0.1) is 0 Å². The van der Waals surface area contributed by atoms with Gasteiger partial charge in [-0.1, -0.05) is 61.9 Å². The average Bonchev–Trinajstić information content (AvgIpc) is 3.63. The van der Waals surface area contributed by atoms with Gasteiger partial charge in [-0.05, 0) is 54.3 Å². The molecule has 1 N–H and O–H groups in total. The molecule has 0 saturated carbocycles. The highest BCUT2D eigenvalue weighted by molar-refractivity contribution is 5.98. The molecule has 0 radical (unpaired) electrons. The first-order valence-corrected chi connectivity index (χ1v) is 14.3. The van der Waals surface area contributed by atoms with E-state index in [0.717, 1.165) is 40.9 Å². The van der Waals surface area contributed by atoms with E-state index >= 15 is 0 Å². The molecule has 0 amide bonds. The van der Waals surface area contributed by atoms with Crippen molar-refractivity contribution in [2.24, 2.45) is 0 Å². The summed E-state index contributed by atoms with van der Waals surface area (Å²) in [6, 6.07) is 18.8. The largest absolute Gasteiger partial charge is 0.462 e. The second-order valence-corrected chi connectivity index (χ2v) is 9.85. The molecular formula is C32H32N6O5. The number of unbranched alkanes of at least 4 members (excludes halogenated alkanes) is 1. The van der Waals surface area contributed by atoms with Crippen LogP contribution < -0.4 is 5.43 Å². The summed E-state index contributed by atoms with van der Waals surface area (Å²) in [5.41, 5.74) is 3.52. The van der Waals surface area contributed by atoms with Crippen molar-refractivity contribution in [2.75, 3.05) is 13.2 Å². The Morgan fingerprint density at radius 3 is 2.19 bits per heavy atom. The summed E-state index contributed by atoms with van der Waals surface area (Å²) in [5, 5.41) is 14.4. The number of nitrogens with zero attached hydrogens (tertiary/aromatic N) is 5. The minimum Gasteiger partial charge on any atom is -0.462 e. The van der Waals surface area contributed by atoms with E-state index in [1.165, 1.54) is 12.1 Å². The van der Waals surface area contributed by atoms with Gasteiger partial charge in [-0.25, -0.2) is 14.6 Å². The third-order valence-electron chi connectivity index (χ3n) is 7.03. The Bertz CT molecular complexity index is 1810. The Kier molecular flexibility index (Phi) is 8.99. The molecule has 0 bridgehead atoms. The van der Waals surface area contributed by atoms with Crippen LogP contribution in [0.4, 0.5) is 0 Å². The summed E-state index contributed by atoms with van der Waals surface area (Å²) in [6.07, 6.45) is 2.53. The van der Waals surface area contributed by atoms with Gasteiger partial charge in [0.1, 0.15) is 17.0 Å². The fourth-order valence-electron chi connectivity index (χ4n) is 4.94. The molecule has 0 aliphatic carbocycles. The number of nitrogens with one attached hydrogen (secondary N) is 1. The highest BCUT2D eigenvalue weighted by Crippen LogP contribution is 2.30. The van der Waals surface area contributed by atoms with E-state index < -0.39 is 17.4 Å². The number of hydrogen-bond acceptors (Lipinski definition) is 9. The van der Waals surface area contributed by atoms with Crippen molar-refractivity contribution in [2.45, 2.75) is 46.6 Å². The number of rotatable bonds is 11. The molecule has 0 unspecified atom stereocenters. The second kappa shape index (κ2) is 13.2. The lowest BCUT2D eigenvalue weighted by Crippen LogP contribution is -2.22. The van der Waals surface area contributed by atoms with Gasteiger partial charge >= 0.3 is 11.9 Å². The number of tetrazole rings is 1. The Morgan fingerprint density at radius 1 is 0.884 bits per heavy atom. The van der Waals surface area contributed by atoms with Gasteiger partial charge in [0.05, 0.1) is 24.2 Å². The molecule has 220 valence electrons. The van der Waals surface area contributed by atoms with E-state index in [9.17, 15) is 14.4 Å². The van der Waals surface area contributed by atoms with Crippen LogP contribution in [0.3, 0.4) is 0 Å². The topological polar surface area (TPSA) is 142 Å². The van der Waals surface area contributed by atoms with Gasteiger partial charge in [0.25, 0.3) is 0 Å². The van der Waals surface area contributed by atoms with Crippen molar-refractivity contribution in [1.29, 1.82) is 0 Å². The van der Waals surface area contributed by atoms with Gasteiger partial charge in [0.2, 0.25) is 11.3 Å². The van der Waals surface area contributed by atoms with E-state index in [1.807, 2.05) is 53.1 Å². The Morgan fingerprint density at radius 2 is 1.56 bits per heavy atom. The Hall–Kier alpha value is -5.19. The smallest absolute Gasteiger partial charge is 0.342 e. The number of fused-ring (bicyclic) bond motifs is 1. The number of benzene rings is 2. The molecule has 43 heavy (non-hydrogen) atoms. The number of aromatic nitrogens is 6. The Labute approximate surface area is 247 Å². The molecule has 3 aromatic carbocycles. The first kappa shape index (κ1) is 29.3. The molecule has 0 aliphatic heterocycles. The first-order chi connectivity index (χ1) is 20.9. The summed E-state index contributed by atoms with van der Waals surface area (Å²) in [6.45, 7) is 6.00. The number of aromatic amines is 1. The van der Waals surface area contributed by atoms with Crippen LogP contribution in [-0.4, -0.2) is 55.3 Å². The number of carbonyl (C=O) groups is 2. The van der Waals surface area contributed by atoms with E-state index in [0.29, 0.717) is 29.8 Å². The van der Waals surface area contributed by atoms with Gasteiger partial charge in [-0.2, -0.15) is 5.21 Å². The zero-order valence-electron chi connectivity index (χ0n) is 24.3. The predicted molar refractivity (Wildman–Crippen MR) is 161 cm³/mol. The van der Waals surface area contributed by atoms with Crippen LogP contribution in [0.1, 0.15) is 65.7 Å². The Balaban J connectivity index is 1.60. The van der Waals surface area contributed by atoms with Crippen LogP contribution in [0.25, 0.3) is 33.5 Å². The number of esters is 2. The minimum atomic E-state index is -0.808. The van der Waals surface area contributed by atoms with Crippen LogP contribution in [0.2, 0.25) is 0 Å². The van der Waals surface area contributed by atoms with E-state index in [2.05, 4.69) is 27.5 Å². The third-order valence-corrected chi connectivity index (χ3v) is 7.03. The number of aryl methyl sites for hydroxylation is 1. The van der Waals surface area contributed by atoms with Crippen molar-refractivity contribution in [3.8, 4) is 22.5 Å². The van der Waals surface area contributed by atoms with Crippen LogP contribution in [0.15, 0.2) is 65.5 Å². The van der Waals surface area contributed by atoms with Crippen molar-refractivity contribution in [3.05, 3.63) is 93.4 Å². The van der Waals surface area contributed by atoms with Gasteiger partial charge in [-0.15, -0.1) is 10.2 Å². The lowest BCUT2D eigenvalue weighted by atomic mass is 9.98. The molecule has 2 heterocycles. The number of ether oxygens (including phenoxy) is 2. The van der Waals surface area contributed by atoms with Crippen molar-refractivity contribution < 1.29 is 19.1 Å². The van der Waals surface area contributed by atoms with Gasteiger partial charge < -0.3 is 14.0 Å². The summed E-state index contributed by atoms with van der Waals surface area (Å²) >= 11 is 0. The summed E-state index contributed by atoms with van der Waals surface area (Å²) in [4.78, 5) is 43.8. The van der Waals surface area contributed by atoms with Gasteiger partial charge in [0.15, 0.2) is 0 Å².